The Morgan fingerprint density at radius 3 is 2.60 bits per heavy atom. The van der Waals surface area contributed by atoms with E-state index in [0.717, 1.165) is 38.8 Å². The molecule has 1 atom stereocenters. The lowest BCUT2D eigenvalue weighted by atomic mass is 9.74. The minimum Gasteiger partial charge on any atom is -0.355 e. The molecule has 0 aromatic heterocycles. The molecule has 0 aliphatic carbocycles. The van der Waals surface area contributed by atoms with Crippen molar-refractivity contribution in [1.82, 2.24) is 10.6 Å². The number of nitrogens with one attached hydrogen (secondary N) is 2. The van der Waals surface area contributed by atoms with E-state index in [4.69, 9.17) is 0 Å². The summed E-state index contributed by atoms with van der Waals surface area (Å²) in [6.07, 6.45) is 4.38. The van der Waals surface area contributed by atoms with Crippen molar-refractivity contribution < 1.29 is 13.2 Å². The molecule has 2 rings (SSSR count). The topological polar surface area (TPSA) is 75.3 Å². The highest BCUT2D eigenvalue weighted by molar-refractivity contribution is 7.91. The second kappa shape index (κ2) is 6.43. The van der Waals surface area contributed by atoms with Crippen molar-refractivity contribution in [2.75, 3.05) is 31.1 Å². The van der Waals surface area contributed by atoms with Crippen LogP contribution < -0.4 is 10.6 Å². The molecule has 0 aromatic rings. The second-order valence-corrected chi connectivity index (χ2v) is 8.49. The Bertz CT molecular complexity index is 436. The molecule has 0 bridgehead atoms. The SMILES string of the molecule is CCCC1(C(=O)NCC2CCS(=O)(=O)C2)CCNCC1. The third-order valence-corrected chi connectivity index (χ3v) is 6.49. The van der Waals surface area contributed by atoms with Crippen LogP contribution in [-0.4, -0.2) is 45.5 Å². The lowest BCUT2D eigenvalue weighted by molar-refractivity contribution is -0.133. The second-order valence-electron chi connectivity index (χ2n) is 6.26. The highest BCUT2D eigenvalue weighted by Gasteiger charge is 2.39. The van der Waals surface area contributed by atoms with Gasteiger partial charge in [0.05, 0.1) is 16.9 Å². The monoisotopic (exact) mass is 302 g/mol. The molecule has 5 nitrogen and oxygen atoms in total. The van der Waals surface area contributed by atoms with Gasteiger partial charge in [-0.3, -0.25) is 4.79 Å². The van der Waals surface area contributed by atoms with Crippen LogP contribution in [-0.2, 0) is 14.6 Å². The van der Waals surface area contributed by atoms with E-state index in [0.29, 0.717) is 13.0 Å². The molecule has 0 saturated carbocycles. The van der Waals surface area contributed by atoms with Crippen LogP contribution in [0.4, 0.5) is 0 Å². The molecule has 0 aromatic carbocycles. The molecule has 6 heteroatoms. The highest BCUT2D eigenvalue weighted by Crippen LogP contribution is 2.34. The van der Waals surface area contributed by atoms with Crippen LogP contribution in [0.3, 0.4) is 0 Å². The van der Waals surface area contributed by atoms with E-state index in [2.05, 4.69) is 17.6 Å². The summed E-state index contributed by atoms with van der Waals surface area (Å²) in [4.78, 5) is 12.5. The first kappa shape index (κ1) is 15.8. The van der Waals surface area contributed by atoms with Gasteiger partial charge in [-0.15, -0.1) is 0 Å². The maximum Gasteiger partial charge on any atom is 0.226 e. The van der Waals surface area contributed by atoms with Crippen molar-refractivity contribution in [2.45, 2.75) is 39.0 Å². The lowest BCUT2D eigenvalue weighted by Gasteiger charge is -2.36. The van der Waals surface area contributed by atoms with E-state index in [1.807, 2.05) is 0 Å². The smallest absolute Gasteiger partial charge is 0.226 e. The number of carbonyl (C=O) groups is 1. The summed E-state index contributed by atoms with van der Waals surface area (Å²) in [7, 11) is -2.85. The molecule has 2 heterocycles. The minimum atomic E-state index is -2.85. The number of amides is 1. The molecule has 1 unspecified atom stereocenters. The number of piperidine rings is 1. The van der Waals surface area contributed by atoms with E-state index >= 15 is 0 Å². The van der Waals surface area contributed by atoms with E-state index in [1.54, 1.807) is 0 Å². The Morgan fingerprint density at radius 2 is 2.05 bits per heavy atom. The van der Waals surface area contributed by atoms with Crippen LogP contribution >= 0.6 is 0 Å². The van der Waals surface area contributed by atoms with Gasteiger partial charge in [-0.1, -0.05) is 13.3 Å². The van der Waals surface area contributed by atoms with E-state index in [-0.39, 0.29) is 28.7 Å². The zero-order chi connectivity index (χ0) is 14.6. The van der Waals surface area contributed by atoms with Crippen molar-refractivity contribution in [2.24, 2.45) is 11.3 Å². The van der Waals surface area contributed by atoms with Gasteiger partial charge >= 0.3 is 0 Å². The van der Waals surface area contributed by atoms with Gasteiger partial charge in [0.15, 0.2) is 9.84 Å². The van der Waals surface area contributed by atoms with Gasteiger partial charge in [0, 0.05) is 6.54 Å². The van der Waals surface area contributed by atoms with Gasteiger partial charge in [-0.25, -0.2) is 8.42 Å². The molecule has 1 amide bonds. The Labute approximate surface area is 121 Å². The normalized spacial score (nSPS) is 28.1. The zero-order valence-electron chi connectivity index (χ0n) is 12.3. The average molecular weight is 302 g/mol. The average Bonchev–Trinajstić information content (AvgIpc) is 2.77. The van der Waals surface area contributed by atoms with E-state index < -0.39 is 9.84 Å². The Kier molecular flexibility index (Phi) is 5.07. The Morgan fingerprint density at radius 1 is 1.35 bits per heavy atom. The third-order valence-electron chi connectivity index (χ3n) is 4.65. The quantitative estimate of drug-likeness (QED) is 0.784. The van der Waals surface area contributed by atoms with Crippen molar-refractivity contribution in [1.29, 1.82) is 0 Å². The van der Waals surface area contributed by atoms with Crippen molar-refractivity contribution in [3.63, 3.8) is 0 Å². The molecular formula is C14H26N2O3S. The molecule has 2 N–H and O–H groups in total. The van der Waals surface area contributed by atoms with Gasteiger partial charge in [-0.05, 0) is 44.7 Å². The Balaban J connectivity index is 1.89. The van der Waals surface area contributed by atoms with E-state index in [1.165, 1.54) is 0 Å². The third kappa shape index (κ3) is 3.73. The van der Waals surface area contributed by atoms with Crippen molar-refractivity contribution in [3.8, 4) is 0 Å². The predicted octanol–water partition coefficient (Wildman–Crippen LogP) is 0.707. The van der Waals surface area contributed by atoms with Crippen LogP contribution in [0.25, 0.3) is 0 Å². The molecular weight excluding hydrogens is 276 g/mol. The van der Waals surface area contributed by atoms with Gasteiger partial charge in [0.2, 0.25) is 5.91 Å². The number of hydrogen-bond donors (Lipinski definition) is 2. The van der Waals surface area contributed by atoms with Crippen LogP contribution in [0, 0.1) is 11.3 Å². The fourth-order valence-electron chi connectivity index (χ4n) is 3.43. The van der Waals surface area contributed by atoms with Crippen molar-refractivity contribution in [3.05, 3.63) is 0 Å². The molecule has 20 heavy (non-hydrogen) atoms. The first-order valence-corrected chi connectivity index (χ1v) is 9.49. The van der Waals surface area contributed by atoms with Gasteiger partial charge < -0.3 is 10.6 Å². The molecule has 0 radical (unpaired) electrons. The first-order chi connectivity index (χ1) is 9.47. The molecule has 2 aliphatic rings. The number of carbonyl (C=O) groups excluding carboxylic acids is 1. The van der Waals surface area contributed by atoms with Crippen LogP contribution in [0.1, 0.15) is 39.0 Å². The summed E-state index contributed by atoms with van der Waals surface area (Å²) >= 11 is 0. The van der Waals surface area contributed by atoms with Crippen LogP contribution in [0.2, 0.25) is 0 Å². The first-order valence-electron chi connectivity index (χ1n) is 7.67. The molecule has 2 fully saturated rings. The van der Waals surface area contributed by atoms with Crippen LogP contribution in [0.15, 0.2) is 0 Å². The van der Waals surface area contributed by atoms with Gasteiger partial charge in [0.25, 0.3) is 0 Å². The maximum atomic E-state index is 12.5. The summed E-state index contributed by atoms with van der Waals surface area (Å²) in [6.45, 7) is 4.41. The summed E-state index contributed by atoms with van der Waals surface area (Å²) < 4.78 is 22.9. The van der Waals surface area contributed by atoms with Gasteiger partial charge in [0.1, 0.15) is 0 Å². The van der Waals surface area contributed by atoms with E-state index in [9.17, 15) is 13.2 Å². The standard InChI is InChI=1S/C14H26N2O3S/c1-2-4-14(5-7-15-8-6-14)13(17)16-10-12-3-9-20(18,19)11-12/h12,15H,2-11H2,1H3,(H,16,17). The fraction of sp³-hybridized carbons (Fsp3) is 0.929. The summed E-state index contributed by atoms with van der Waals surface area (Å²) in [5.41, 5.74) is -0.239. The largest absolute Gasteiger partial charge is 0.355 e. The molecule has 2 aliphatic heterocycles. The highest BCUT2D eigenvalue weighted by atomic mass is 32.2. The Hall–Kier alpha value is -0.620. The van der Waals surface area contributed by atoms with Crippen LogP contribution in [0.5, 0.6) is 0 Å². The molecule has 0 spiro atoms. The number of rotatable bonds is 5. The molecule has 116 valence electrons. The predicted molar refractivity (Wildman–Crippen MR) is 79.2 cm³/mol. The molecule has 2 saturated heterocycles. The number of sulfone groups is 1. The zero-order valence-corrected chi connectivity index (χ0v) is 13.1. The fourth-order valence-corrected chi connectivity index (χ4v) is 5.29. The van der Waals surface area contributed by atoms with Crippen molar-refractivity contribution >= 4 is 15.7 Å². The minimum absolute atomic E-state index is 0.101. The maximum absolute atomic E-state index is 12.5. The summed E-state index contributed by atoms with van der Waals surface area (Å²) in [6, 6.07) is 0. The lowest BCUT2D eigenvalue weighted by Crippen LogP contribution is -2.48. The van der Waals surface area contributed by atoms with Gasteiger partial charge in [-0.2, -0.15) is 0 Å². The number of hydrogen-bond acceptors (Lipinski definition) is 4. The summed E-state index contributed by atoms with van der Waals surface area (Å²) in [5, 5.41) is 6.33. The summed E-state index contributed by atoms with van der Waals surface area (Å²) in [5.74, 6) is 0.738.